The van der Waals surface area contributed by atoms with E-state index in [2.05, 4.69) is 15.5 Å². The second-order valence-electron chi connectivity index (χ2n) is 8.11. The molecule has 1 aliphatic rings. The van der Waals surface area contributed by atoms with Gasteiger partial charge in [0, 0.05) is 23.8 Å². The minimum Gasteiger partial charge on any atom is -0.369 e. The fourth-order valence-electron chi connectivity index (χ4n) is 3.73. The van der Waals surface area contributed by atoms with Gasteiger partial charge in [0.1, 0.15) is 0 Å². The third kappa shape index (κ3) is 7.69. The summed E-state index contributed by atoms with van der Waals surface area (Å²) in [7, 11) is 0. The Morgan fingerprint density at radius 3 is 2.16 bits per heavy atom. The lowest BCUT2D eigenvalue weighted by Crippen LogP contribution is -2.38. The standard InChI is InChI=1S/C24H30N4O3S/c1-17-4-2-6-20(12-17)26-22(29)15-32-16-23(30)27-21-7-3-5-18(13-21)14-28-10-8-19(9-11-28)24(25)31/h2-7,12-13,19H,8-11,14-16H2,1H3,(H2,25,31)(H,26,29)(H,27,30). The zero-order valence-corrected chi connectivity index (χ0v) is 19.1. The second kappa shape index (κ2) is 11.7. The fourth-order valence-corrected chi connectivity index (χ4v) is 4.35. The molecule has 8 heteroatoms. The van der Waals surface area contributed by atoms with E-state index >= 15 is 0 Å². The van der Waals surface area contributed by atoms with E-state index in [-0.39, 0.29) is 35.1 Å². The summed E-state index contributed by atoms with van der Waals surface area (Å²) < 4.78 is 0. The van der Waals surface area contributed by atoms with Gasteiger partial charge in [-0.2, -0.15) is 0 Å². The quantitative estimate of drug-likeness (QED) is 0.540. The van der Waals surface area contributed by atoms with E-state index < -0.39 is 0 Å². The summed E-state index contributed by atoms with van der Waals surface area (Å²) in [5, 5.41) is 5.74. The van der Waals surface area contributed by atoms with Crippen molar-refractivity contribution in [3.8, 4) is 0 Å². The molecule has 0 atom stereocenters. The zero-order chi connectivity index (χ0) is 22.9. The molecule has 0 bridgehead atoms. The molecule has 32 heavy (non-hydrogen) atoms. The van der Waals surface area contributed by atoms with E-state index in [0.717, 1.165) is 55.0 Å². The van der Waals surface area contributed by atoms with Gasteiger partial charge in [-0.3, -0.25) is 19.3 Å². The lowest BCUT2D eigenvalue weighted by atomic mass is 9.96. The fraction of sp³-hybridized carbons (Fsp3) is 0.375. The molecule has 7 nitrogen and oxygen atoms in total. The highest BCUT2D eigenvalue weighted by Crippen LogP contribution is 2.20. The molecule has 0 unspecified atom stereocenters. The first kappa shape index (κ1) is 23.8. The van der Waals surface area contributed by atoms with Crippen molar-refractivity contribution in [2.75, 3.05) is 35.2 Å². The molecular formula is C24H30N4O3S. The van der Waals surface area contributed by atoms with Gasteiger partial charge >= 0.3 is 0 Å². The summed E-state index contributed by atoms with van der Waals surface area (Å²) in [6.07, 6.45) is 1.58. The van der Waals surface area contributed by atoms with Gasteiger partial charge < -0.3 is 16.4 Å². The molecule has 0 aromatic heterocycles. The topological polar surface area (TPSA) is 105 Å². The first-order valence-corrected chi connectivity index (χ1v) is 11.9. The number of nitrogens with two attached hydrogens (primary N) is 1. The third-order valence-corrected chi connectivity index (χ3v) is 6.31. The Hall–Kier alpha value is -2.84. The van der Waals surface area contributed by atoms with Crippen LogP contribution in [0.4, 0.5) is 11.4 Å². The summed E-state index contributed by atoms with van der Waals surface area (Å²) >= 11 is 1.28. The summed E-state index contributed by atoms with van der Waals surface area (Å²) in [5.41, 5.74) is 9.08. The first-order valence-electron chi connectivity index (χ1n) is 10.7. The summed E-state index contributed by atoms with van der Waals surface area (Å²) in [6, 6.07) is 15.4. The van der Waals surface area contributed by atoms with Crippen molar-refractivity contribution in [1.82, 2.24) is 4.90 Å². The maximum atomic E-state index is 12.3. The molecule has 0 radical (unpaired) electrons. The normalized spacial score (nSPS) is 14.7. The van der Waals surface area contributed by atoms with Crippen molar-refractivity contribution in [2.45, 2.75) is 26.3 Å². The Bertz CT molecular complexity index is 958. The number of thioether (sulfide) groups is 1. The van der Waals surface area contributed by atoms with Gasteiger partial charge in [-0.15, -0.1) is 11.8 Å². The zero-order valence-electron chi connectivity index (χ0n) is 18.3. The van der Waals surface area contributed by atoms with E-state index in [0.29, 0.717) is 0 Å². The van der Waals surface area contributed by atoms with Gasteiger partial charge in [-0.05, 0) is 68.2 Å². The second-order valence-corrected chi connectivity index (χ2v) is 9.10. The van der Waals surface area contributed by atoms with E-state index in [1.165, 1.54) is 11.8 Å². The number of nitrogens with one attached hydrogen (secondary N) is 2. The highest BCUT2D eigenvalue weighted by atomic mass is 32.2. The number of anilines is 2. The minimum absolute atomic E-state index is 0.0201. The number of carbonyl (C=O) groups excluding carboxylic acids is 3. The summed E-state index contributed by atoms with van der Waals surface area (Å²) in [4.78, 5) is 37.9. The first-order chi connectivity index (χ1) is 15.4. The molecule has 0 aliphatic carbocycles. The van der Waals surface area contributed by atoms with E-state index in [4.69, 9.17) is 5.73 Å². The van der Waals surface area contributed by atoms with Crippen LogP contribution in [0.25, 0.3) is 0 Å². The minimum atomic E-state index is -0.208. The number of rotatable bonds is 9. The largest absolute Gasteiger partial charge is 0.369 e. The molecule has 1 heterocycles. The number of benzene rings is 2. The molecule has 0 saturated carbocycles. The van der Waals surface area contributed by atoms with Gasteiger partial charge in [0.15, 0.2) is 0 Å². The van der Waals surface area contributed by atoms with Crippen molar-refractivity contribution in [3.05, 3.63) is 59.7 Å². The van der Waals surface area contributed by atoms with Crippen LogP contribution in [0.1, 0.15) is 24.0 Å². The predicted molar refractivity (Wildman–Crippen MR) is 129 cm³/mol. The lowest BCUT2D eigenvalue weighted by molar-refractivity contribution is -0.123. The van der Waals surface area contributed by atoms with Gasteiger partial charge in [0.05, 0.1) is 11.5 Å². The molecular weight excluding hydrogens is 424 g/mol. The number of likely N-dealkylation sites (tertiary alicyclic amines) is 1. The predicted octanol–water partition coefficient (Wildman–Crippen LogP) is 3.00. The molecule has 0 spiro atoms. The van der Waals surface area contributed by atoms with Gasteiger partial charge in [0.2, 0.25) is 17.7 Å². The van der Waals surface area contributed by atoms with Gasteiger partial charge in [-0.25, -0.2) is 0 Å². The smallest absolute Gasteiger partial charge is 0.234 e. The maximum absolute atomic E-state index is 12.3. The number of nitrogens with zero attached hydrogens (tertiary/aromatic N) is 1. The van der Waals surface area contributed by atoms with Gasteiger partial charge in [-0.1, -0.05) is 24.3 Å². The number of amides is 3. The van der Waals surface area contributed by atoms with Crippen LogP contribution in [-0.4, -0.2) is 47.2 Å². The third-order valence-electron chi connectivity index (χ3n) is 5.38. The van der Waals surface area contributed by atoms with Crippen LogP contribution in [0.5, 0.6) is 0 Å². The lowest BCUT2D eigenvalue weighted by Gasteiger charge is -2.30. The SMILES string of the molecule is Cc1cccc(NC(=O)CSCC(=O)Nc2cccc(CN3CCC(C(N)=O)CC3)c2)c1. The Labute approximate surface area is 193 Å². The number of primary amides is 1. The molecule has 1 aliphatic heterocycles. The van der Waals surface area contributed by atoms with Crippen molar-refractivity contribution in [1.29, 1.82) is 0 Å². The number of aryl methyl sites for hydroxylation is 1. The van der Waals surface area contributed by atoms with Crippen molar-refractivity contribution < 1.29 is 14.4 Å². The summed E-state index contributed by atoms with van der Waals surface area (Å²) in [5.74, 6) is -0.0872. The average molecular weight is 455 g/mol. The van der Waals surface area contributed by atoms with Crippen LogP contribution in [0.2, 0.25) is 0 Å². The Morgan fingerprint density at radius 2 is 1.56 bits per heavy atom. The van der Waals surface area contributed by atoms with Gasteiger partial charge in [0.25, 0.3) is 0 Å². The van der Waals surface area contributed by atoms with Crippen molar-refractivity contribution >= 4 is 40.9 Å². The molecule has 170 valence electrons. The van der Waals surface area contributed by atoms with Crippen LogP contribution in [0, 0.1) is 12.8 Å². The van der Waals surface area contributed by atoms with E-state index in [9.17, 15) is 14.4 Å². The number of piperidine rings is 1. The maximum Gasteiger partial charge on any atom is 0.234 e. The summed E-state index contributed by atoms with van der Waals surface area (Å²) in [6.45, 7) is 4.41. The van der Waals surface area contributed by atoms with Crippen LogP contribution in [0.3, 0.4) is 0 Å². The van der Waals surface area contributed by atoms with Crippen LogP contribution >= 0.6 is 11.8 Å². The van der Waals surface area contributed by atoms with Crippen molar-refractivity contribution in [2.24, 2.45) is 11.7 Å². The molecule has 2 aromatic rings. The number of hydrogen-bond donors (Lipinski definition) is 3. The molecule has 2 aromatic carbocycles. The van der Waals surface area contributed by atoms with Crippen LogP contribution < -0.4 is 16.4 Å². The van der Waals surface area contributed by atoms with Crippen molar-refractivity contribution in [3.63, 3.8) is 0 Å². The molecule has 1 saturated heterocycles. The Kier molecular flexibility index (Phi) is 8.70. The average Bonchev–Trinajstić information content (AvgIpc) is 2.74. The highest BCUT2D eigenvalue weighted by molar-refractivity contribution is 8.00. The van der Waals surface area contributed by atoms with Crippen LogP contribution in [-0.2, 0) is 20.9 Å². The van der Waals surface area contributed by atoms with E-state index in [1.807, 2.05) is 55.5 Å². The van der Waals surface area contributed by atoms with E-state index in [1.54, 1.807) is 0 Å². The molecule has 1 fully saturated rings. The number of carbonyl (C=O) groups is 3. The molecule has 4 N–H and O–H groups in total. The molecule has 3 rings (SSSR count). The molecule has 3 amide bonds. The monoisotopic (exact) mass is 454 g/mol. The number of hydrogen-bond acceptors (Lipinski definition) is 5. The Balaban J connectivity index is 1.39. The van der Waals surface area contributed by atoms with Crippen LogP contribution in [0.15, 0.2) is 48.5 Å². The highest BCUT2D eigenvalue weighted by Gasteiger charge is 2.23. The Morgan fingerprint density at radius 1 is 0.969 bits per heavy atom.